The van der Waals surface area contributed by atoms with Gasteiger partial charge in [0.25, 0.3) is 0 Å². The maximum atomic E-state index is 11.7. The van der Waals surface area contributed by atoms with E-state index in [1.165, 1.54) is 12.8 Å². The van der Waals surface area contributed by atoms with Crippen molar-refractivity contribution in [3.05, 3.63) is 0 Å². The highest BCUT2D eigenvalue weighted by atomic mass is 16.2. The van der Waals surface area contributed by atoms with Crippen molar-refractivity contribution in [2.45, 2.75) is 66.8 Å². The third-order valence-corrected chi connectivity index (χ3v) is 3.17. The standard InChI is InChI=1S/C16H34N4O/c1-12(2)8-7-9-13(3)20-15(17)19-11-10-18-14(21)16(4,5)6/h12-13H,7-11H2,1-6H3,(H,18,21)(H3,17,19,20). The number of rotatable bonds is 8. The lowest BCUT2D eigenvalue weighted by atomic mass is 9.96. The molecule has 0 aromatic rings. The summed E-state index contributed by atoms with van der Waals surface area (Å²) in [5, 5.41) is 6.04. The third-order valence-electron chi connectivity index (χ3n) is 3.17. The first-order valence-corrected chi connectivity index (χ1v) is 7.97. The van der Waals surface area contributed by atoms with E-state index in [1.807, 2.05) is 20.8 Å². The van der Waals surface area contributed by atoms with Crippen molar-refractivity contribution in [3.8, 4) is 0 Å². The summed E-state index contributed by atoms with van der Waals surface area (Å²) in [4.78, 5) is 15.9. The number of guanidine groups is 1. The zero-order valence-electron chi connectivity index (χ0n) is 14.6. The van der Waals surface area contributed by atoms with Crippen LogP contribution in [-0.4, -0.2) is 31.0 Å². The Kier molecular flexibility index (Phi) is 9.06. The highest BCUT2D eigenvalue weighted by Crippen LogP contribution is 2.11. The highest BCUT2D eigenvalue weighted by Gasteiger charge is 2.20. The molecule has 0 aliphatic rings. The number of aliphatic imine (C=N–C) groups is 1. The molecule has 0 aliphatic carbocycles. The minimum atomic E-state index is -0.363. The molecule has 1 amide bonds. The van der Waals surface area contributed by atoms with E-state index in [1.54, 1.807) is 0 Å². The second-order valence-corrected chi connectivity index (χ2v) is 7.14. The molecule has 0 fully saturated rings. The number of nitrogens with zero attached hydrogens (tertiary/aromatic N) is 1. The molecule has 0 aromatic carbocycles. The average Bonchev–Trinajstić information content (AvgIpc) is 2.32. The highest BCUT2D eigenvalue weighted by molar-refractivity contribution is 5.81. The van der Waals surface area contributed by atoms with Crippen LogP contribution in [0.4, 0.5) is 0 Å². The van der Waals surface area contributed by atoms with Crippen molar-refractivity contribution in [3.63, 3.8) is 0 Å². The van der Waals surface area contributed by atoms with Gasteiger partial charge in [0.05, 0.1) is 6.54 Å². The molecular weight excluding hydrogens is 264 g/mol. The van der Waals surface area contributed by atoms with Crippen LogP contribution in [0, 0.1) is 11.3 Å². The topological polar surface area (TPSA) is 79.5 Å². The summed E-state index contributed by atoms with van der Waals surface area (Å²) in [6, 6.07) is 0.330. The molecule has 0 heterocycles. The van der Waals surface area contributed by atoms with Gasteiger partial charge >= 0.3 is 0 Å². The van der Waals surface area contributed by atoms with Crippen LogP contribution in [-0.2, 0) is 4.79 Å². The minimum Gasteiger partial charge on any atom is -0.370 e. The maximum Gasteiger partial charge on any atom is 0.225 e. The third kappa shape index (κ3) is 11.1. The summed E-state index contributed by atoms with van der Waals surface area (Å²) < 4.78 is 0. The quantitative estimate of drug-likeness (QED) is 0.365. The Morgan fingerprint density at radius 3 is 2.33 bits per heavy atom. The summed E-state index contributed by atoms with van der Waals surface area (Å²) in [5.41, 5.74) is 5.47. The van der Waals surface area contributed by atoms with E-state index >= 15 is 0 Å². The van der Waals surface area contributed by atoms with Crippen LogP contribution < -0.4 is 16.4 Å². The summed E-state index contributed by atoms with van der Waals surface area (Å²) >= 11 is 0. The van der Waals surface area contributed by atoms with E-state index in [9.17, 15) is 4.79 Å². The molecule has 1 unspecified atom stereocenters. The lowest BCUT2D eigenvalue weighted by Gasteiger charge is -2.17. The van der Waals surface area contributed by atoms with Gasteiger partial charge in [-0.25, -0.2) is 0 Å². The summed E-state index contributed by atoms with van der Waals surface area (Å²) in [7, 11) is 0. The first-order valence-electron chi connectivity index (χ1n) is 7.97. The molecule has 0 aromatic heterocycles. The largest absolute Gasteiger partial charge is 0.370 e. The van der Waals surface area contributed by atoms with E-state index in [-0.39, 0.29) is 11.3 Å². The second kappa shape index (κ2) is 9.64. The molecule has 21 heavy (non-hydrogen) atoms. The van der Waals surface area contributed by atoms with Crippen molar-refractivity contribution in [2.24, 2.45) is 22.1 Å². The fraction of sp³-hybridized carbons (Fsp3) is 0.875. The predicted octanol–water partition coefficient (Wildman–Crippen LogP) is 2.27. The van der Waals surface area contributed by atoms with E-state index in [4.69, 9.17) is 5.73 Å². The first kappa shape index (κ1) is 19.7. The van der Waals surface area contributed by atoms with Gasteiger partial charge in [0.1, 0.15) is 0 Å². The molecule has 0 rings (SSSR count). The lowest BCUT2D eigenvalue weighted by molar-refractivity contribution is -0.128. The maximum absolute atomic E-state index is 11.7. The van der Waals surface area contributed by atoms with Crippen LogP contribution in [0.25, 0.3) is 0 Å². The second-order valence-electron chi connectivity index (χ2n) is 7.14. The van der Waals surface area contributed by atoms with Crippen molar-refractivity contribution >= 4 is 11.9 Å². The van der Waals surface area contributed by atoms with Gasteiger partial charge < -0.3 is 16.4 Å². The number of carbonyl (C=O) groups excluding carboxylic acids is 1. The lowest BCUT2D eigenvalue weighted by Crippen LogP contribution is -2.40. The summed E-state index contributed by atoms with van der Waals surface area (Å²) in [6.07, 6.45) is 3.53. The van der Waals surface area contributed by atoms with Crippen molar-refractivity contribution in [1.29, 1.82) is 0 Å². The van der Waals surface area contributed by atoms with Crippen molar-refractivity contribution in [1.82, 2.24) is 10.6 Å². The number of hydrogen-bond acceptors (Lipinski definition) is 2. The summed E-state index contributed by atoms with van der Waals surface area (Å²) in [6.45, 7) is 13.3. The van der Waals surface area contributed by atoms with Gasteiger partial charge in [-0.1, -0.05) is 47.5 Å². The molecule has 0 saturated carbocycles. The normalized spacial score (nSPS) is 14.1. The number of carbonyl (C=O) groups is 1. The molecular formula is C16H34N4O. The minimum absolute atomic E-state index is 0.0336. The van der Waals surface area contributed by atoms with Crippen LogP contribution in [0.2, 0.25) is 0 Å². The Morgan fingerprint density at radius 1 is 1.19 bits per heavy atom. The van der Waals surface area contributed by atoms with Gasteiger partial charge in [0.2, 0.25) is 5.91 Å². The van der Waals surface area contributed by atoms with Crippen molar-refractivity contribution in [2.75, 3.05) is 13.1 Å². The van der Waals surface area contributed by atoms with E-state index in [0.717, 1.165) is 12.3 Å². The van der Waals surface area contributed by atoms with Crippen molar-refractivity contribution < 1.29 is 4.79 Å². The monoisotopic (exact) mass is 298 g/mol. The first-order chi connectivity index (χ1) is 9.62. The van der Waals surface area contributed by atoms with E-state index < -0.39 is 0 Å². The Balaban J connectivity index is 3.85. The fourth-order valence-corrected chi connectivity index (χ4v) is 1.81. The van der Waals surface area contributed by atoms with E-state index in [2.05, 4.69) is 36.4 Å². The smallest absolute Gasteiger partial charge is 0.225 e. The van der Waals surface area contributed by atoms with Gasteiger partial charge in [-0.15, -0.1) is 0 Å². The number of nitrogens with two attached hydrogens (primary N) is 1. The van der Waals surface area contributed by atoms with Gasteiger partial charge in [0.15, 0.2) is 5.96 Å². The summed E-state index contributed by atoms with van der Waals surface area (Å²) in [5.74, 6) is 1.23. The average molecular weight is 298 g/mol. The number of hydrogen-bond donors (Lipinski definition) is 3. The van der Waals surface area contributed by atoms with E-state index in [0.29, 0.717) is 25.1 Å². The van der Waals surface area contributed by atoms with Gasteiger partial charge in [-0.05, 0) is 19.3 Å². The Bertz CT molecular complexity index is 332. The molecule has 0 aliphatic heterocycles. The molecule has 0 radical (unpaired) electrons. The van der Waals surface area contributed by atoms with Crippen LogP contribution in [0.1, 0.15) is 60.8 Å². The van der Waals surface area contributed by atoms with Gasteiger partial charge in [-0.3, -0.25) is 9.79 Å². The molecule has 4 N–H and O–H groups in total. The molecule has 5 heteroatoms. The van der Waals surface area contributed by atoms with Crippen LogP contribution in [0.15, 0.2) is 4.99 Å². The van der Waals surface area contributed by atoms with Crippen LogP contribution in [0.3, 0.4) is 0 Å². The van der Waals surface area contributed by atoms with Gasteiger partial charge in [-0.2, -0.15) is 0 Å². The molecule has 124 valence electrons. The Labute approximate surface area is 130 Å². The number of amides is 1. The molecule has 1 atom stereocenters. The molecule has 0 saturated heterocycles. The fourth-order valence-electron chi connectivity index (χ4n) is 1.81. The Morgan fingerprint density at radius 2 is 1.81 bits per heavy atom. The zero-order valence-corrected chi connectivity index (χ0v) is 14.6. The van der Waals surface area contributed by atoms with Crippen LogP contribution in [0.5, 0.6) is 0 Å². The SMILES string of the molecule is CC(C)CCCC(C)NC(N)=NCCNC(=O)C(C)(C)C. The molecule has 0 bridgehead atoms. The van der Waals surface area contributed by atoms with Gasteiger partial charge in [0, 0.05) is 18.0 Å². The zero-order chi connectivity index (χ0) is 16.5. The number of nitrogens with one attached hydrogen (secondary N) is 2. The predicted molar refractivity (Wildman–Crippen MR) is 90.2 cm³/mol. The van der Waals surface area contributed by atoms with Crippen LogP contribution >= 0.6 is 0 Å². The molecule has 0 spiro atoms. The Hall–Kier alpha value is -1.26. The molecule has 5 nitrogen and oxygen atoms in total.